The number of hydrogen-bond acceptors (Lipinski definition) is 7. The number of fused-ring (bicyclic) bond motifs is 1. The molecule has 1 atom stereocenters. The molecule has 1 aromatic carbocycles. The van der Waals surface area contributed by atoms with Gasteiger partial charge in [0.1, 0.15) is 4.90 Å². The molecule has 0 radical (unpaired) electrons. The fourth-order valence-corrected chi connectivity index (χ4v) is 3.90. The van der Waals surface area contributed by atoms with Crippen molar-refractivity contribution in [2.75, 3.05) is 13.2 Å². The Morgan fingerprint density at radius 2 is 2.09 bits per heavy atom. The summed E-state index contributed by atoms with van der Waals surface area (Å²) in [4.78, 5) is 11.2. The Bertz CT molecular complexity index is 843. The molecule has 0 amide bonds. The molecule has 2 heterocycles. The minimum atomic E-state index is -4.19. The Hall–Kier alpha value is -1.75. The first-order valence-corrected chi connectivity index (χ1v) is 7.98. The molecule has 118 valence electrons. The first-order chi connectivity index (χ1) is 10.4. The number of ether oxygens (including phenoxy) is 1. The number of halogens is 1. The molecule has 1 aliphatic rings. The first-order valence-electron chi connectivity index (χ1n) is 6.12. The van der Waals surface area contributed by atoms with Crippen LogP contribution in [0.4, 0.5) is 0 Å². The van der Waals surface area contributed by atoms with E-state index in [1.165, 1.54) is 12.1 Å². The van der Waals surface area contributed by atoms with Gasteiger partial charge >= 0.3 is 5.97 Å². The molecule has 3 rings (SSSR count). The van der Waals surface area contributed by atoms with E-state index in [1.54, 1.807) is 0 Å². The van der Waals surface area contributed by atoms with Crippen molar-refractivity contribution in [2.24, 2.45) is 0 Å². The summed E-state index contributed by atoms with van der Waals surface area (Å²) in [7, 11) is -4.19. The molecule has 1 fully saturated rings. The van der Waals surface area contributed by atoms with Crippen molar-refractivity contribution >= 4 is 38.6 Å². The molecule has 22 heavy (non-hydrogen) atoms. The minimum Gasteiger partial charge on any atom is -0.480 e. The van der Waals surface area contributed by atoms with Crippen LogP contribution in [0.2, 0.25) is 5.02 Å². The lowest BCUT2D eigenvalue weighted by Gasteiger charge is -2.23. The van der Waals surface area contributed by atoms with Crippen LogP contribution in [0.15, 0.2) is 21.7 Å². The highest BCUT2D eigenvalue weighted by Crippen LogP contribution is 2.28. The maximum atomic E-state index is 12.5. The number of benzene rings is 1. The highest BCUT2D eigenvalue weighted by atomic mass is 35.5. The van der Waals surface area contributed by atoms with Crippen molar-refractivity contribution in [3.05, 3.63) is 17.2 Å². The van der Waals surface area contributed by atoms with Gasteiger partial charge in [-0.2, -0.15) is 4.72 Å². The van der Waals surface area contributed by atoms with Crippen molar-refractivity contribution in [1.82, 2.24) is 15.0 Å². The van der Waals surface area contributed by atoms with Crippen LogP contribution in [-0.4, -0.2) is 48.6 Å². The van der Waals surface area contributed by atoms with Crippen LogP contribution in [-0.2, 0) is 19.6 Å². The van der Waals surface area contributed by atoms with Gasteiger partial charge in [-0.15, -0.1) is 0 Å². The number of hydrogen-bond donors (Lipinski definition) is 2. The summed E-state index contributed by atoms with van der Waals surface area (Å²) in [5, 5.41) is 16.5. The average molecular weight is 348 g/mol. The molecule has 1 saturated heterocycles. The van der Waals surface area contributed by atoms with Crippen LogP contribution in [0.5, 0.6) is 0 Å². The number of aliphatic carboxylic acids is 1. The minimum absolute atomic E-state index is 0.0232. The summed E-state index contributed by atoms with van der Waals surface area (Å²) >= 11 is 5.88. The van der Waals surface area contributed by atoms with Crippen LogP contribution >= 0.6 is 11.6 Å². The smallest absolute Gasteiger partial charge is 0.327 e. The summed E-state index contributed by atoms with van der Waals surface area (Å²) < 4.78 is 36.8. The van der Waals surface area contributed by atoms with Crippen LogP contribution < -0.4 is 4.72 Å². The van der Waals surface area contributed by atoms with E-state index in [0.29, 0.717) is 0 Å². The molecule has 0 bridgehead atoms. The van der Waals surface area contributed by atoms with Gasteiger partial charge in [0.2, 0.25) is 10.0 Å². The maximum Gasteiger partial charge on any atom is 0.327 e. The zero-order valence-electron chi connectivity index (χ0n) is 10.9. The molecular formula is C11H10ClN3O6S. The van der Waals surface area contributed by atoms with E-state index in [9.17, 15) is 18.3 Å². The number of carboxylic acids is 1. The van der Waals surface area contributed by atoms with Crippen molar-refractivity contribution in [3.63, 3.8) is 0 Å². The number of rotatable bonds is 4. The Morgan fingerprint density at radius 1 is 1.36 bits per heavy atom. The number of carbonyl (C=O) groups is 1. The molecule has 11 heteroatoms. The number of carboxylic acid groups (broad SMARTS) is 1. The standard InChI is InChI=1S/C11H10ClN3O6S/c12-6-1-2-7(9-8(6)13-21-14-9)22(18,19)15-11(10(16)17)3-4-20-5-11/h1-2,15H,3-5H2,(H,16,17). The third-order valence-electron chi connectivity index (χ3n) is 3.38. The predicted octanol–water partition coefficient (Wildman–Crippen LogP) is 0.398. The molecule has 1 aromatic heterocycles. The molecule has 1 unspecified atom stereocenters. The second-order valence-electron chi connectivity index (χ2n) is 4.80. The van der Waals surface area contributed by atoms with Gasteiger partial charge in [-0.25, -0.2) is 13.0 Å². The van der Waals surface area contributed by atoms with E-state index in [-0.39, 0.29) is 40.6 Å². The van der Waals surface area contributed by atoms with Crippen molar-refractivity contribution in [1.29, 1.82) is 0 Å². The third-order valence-corrected chi connectivity index (χ3v) is 5.25. The Morgan fingerprint density at radius 3 is 2.73 bits per heavy atom. The molecule has 0 saturated carbocycles. The van der Waals surface area contributed by atoms with Gasteiger partial charge in [0.25, 0.3) is 0 Å². The van der Waals surface area contributed by atoms with Crippen LogP contribution in [0, 0.1) is 0 Å². The fourth-order valence-electron chi connectivity index (χ4n) is 2.20. The van der Waals surface area contributed by atoms with Gasteiger partial charge < -0.3 is 9.84 Å². The zero-order chi connectivity index (χ0) is 16.0. The van der Waals surface area contributed by atoms with E-state index in [0.717, 1.165) is 0 Å². The lowest BCUT2D eigenvalue weighted by atomic mass is 10.0. The monoisotopic (exact) mass is 347 g/mol. The van der Waals surface area contributed by atoms with Crippen LogP contribution in [0.3, 0.4) is 0 Å². The Balaban J connectivity index is 2.07. The highest BCUT2D eigenvalue weighted by Gasteiger charge is 2.46. The molecule has 1 aliphatic heterocycles. The largest absolute Gasteiger partial charge is 0.480 e. The van der Waals surface area contributed by atoms with Crippen molar-refractivity contribution < 1.29 is 27.7 Å². The van der Waals surface area contributed by atoms with E-state index >= 15 is 0 Å². The van der Waals surface area contributed by atoms with Crippen LogP contribution in [0.1, 0.15) is 6.42 Å². The van der Waals surface area contributed by atoms with Crippen LogP contribution in [0.25, 0.3) is 11.0 Å². The summed E-state index contributed by atoms with van der Waals surface area (Å²) in [6.45, 7) is -0.105. The van der Waals surface area contributed by atoms with Crippen molar-refractivity contribution in [3.8, 4) is 0 Å². The molecular weight excluding hydrogens is 338 g/mol. The van der Waals surface area contributed by atoms with Gasteiger partial charge in [0, 0.05) is 13.0 Å². The van der Waals surface area contributed by atoms with Gasteiger partial charge in [0.05, 0.1) is 11.6 Å². The Labute approximate surface area is 129 Å². The van der Waals surface area contributed by atoms with Gasteiger partial charge in [0.15, 0.2) is 16.6 Å². The van der Waals surface area contributed by atoms with Crippen molar-refractivity contribution in [2.45, 2.75) is 16.9 Å². The quantitative estimate of drug-likeness (QED) is 0.812. The maximum absolute atomic E-state index is 12.5. The molecule has 0 aliphatic carbocycles. The van der Waals surface area contributed by atoms with Gasteiger partial charge in [-0.1, -0.05) is 11.6 Å². The number of nitrogens with zero attached hydrogens (tertiary/aromatic N) is 2. The first kappa shape index (κ1) is 15.2. The van der Waals surface area contributed by atoms with E-state index in [1.807, 2.05) is 0 Å². The number of sulfonamides is 1. The topological polar surface area (TPSA) is 132 Å². The average Bonchev–Trinajstić information content (AvgIpc) is 3.08. The second kappa shape index (κ2) is 5.16. The summed E-state index contributed by atoms with van der Waals surface area (Å²) in [6, 6.07) is 2.53. The van der Waals surface area contributed by atoms with E-state index in [2.05, 4.69) is 19.7 Å². The predicted molar refractivity (Wildman–Crippen MR) is 72.9 cm³/mol. The number of nitrogens with one attached hydrogen (secondary N) is 1. The third kappa shape index (κ3) is 2.33. The highest BCUT2D eigenvalue weighted by molar-refractivity contribution is 7.89. The molecule has 2 aromatic rings. The SMILES string of the molecule is O=C(O)C1(NS(=O)(=O)c2ccc(Cl)c3nonc23)CCOC1. The van der Waals surface area contributed by atoms with Gasteiger partial charge in [-0.3, -0.25) is 4.79 Å². The summed E-state index contributed by atoms with van der Waals surface area (Å²) in [5.41, 5.74) is -1.70. The fraction of sp³-hybridized carbons (Fsp3) is 0.364. The summed E-state index contributed by atoms with van der Waals surface area (Å²) in [6.07, 6.45) is 0.0232. The van der Waals surface area contributed by atoms with E-state index < -0.39 is 21.5 Å². The normalized spacial score (nSPS) is 22.2. The zero-order valence-corrected chi connectivity index (χ0v) is 12.5. The molecule has 9 nitrogen and oxygen atoms in total. The summed E-state index contributed by atoms with van der Waals surface area (Å²) in [5.74, 6) is -1.31. The molecule has 2 N–H and O–H groups in total. The second-order valence-corrected chi connectivity index (χ2v) is 6.86. The Kier molecular flexibility index (Phi) is 3.56. The van der Waals surface area contributed by atoms with Gasteiger partial charge in [-0.05, 0) is 22.4 Å². The lowest BCUT2D eigenvalue weighted by molar-refractivity contribution is -0.144. The number of aromatic nitrogens is 2. The van der Waals surface area contributed by atoms with E-state index in [4.69, 9.17) is 16.3 Å². The lowest BCUT2D eigenvalue weighted by Crippen LogP contribution is -2.55. The molecule has 0 spiro atoms.